The van der Waals surface area contributed by atoms with Gasteiger partial charge in [0, 0.05) is 45.0 Å². The van der Waals surface area contributed by atoms with Crippen LogP contribution >= 0.6 is 0 Å². The summed E-state index contributed by atoms with van der Waals surface area (Å²) in [6.45, 7) is 2.54. The van der Waals surface area contributed by atoms with Crippen LogP contribution < -0.4 is 5.69 Å². The van der Waals surface area contributed by atoms with Crippen molar-refractivity contribution in [3.63, 3.8) is 0 Å². The van der Waals surface area contributed by atoms with Crippen LogP contribution in [0.2, 0.25) is 0 Å². The molecule has 1 aliphatic heterocycles. The quantitative estimate of drug-likeness (QED) is 0.286. The zero-order chi connectivity index (χ0) is 29.8. The lowest BCUT2D eigenvalue weighted by molar-refractivity contribution is -0.136. The number of nitrogens with zero attached hydrogens (tertiary/aromatic N) is 7. The zero-order valence-corrected chi connectivity index (χ0v) is 23.4. The molecule has 0 radical (unpaired) electrons. The van der Waals surface area contributed by atoms with Gasteiger partial charge in [0.15, 0.2) is 0 Å². The molecule has 1 atom stereocenters. The average molecular weight is 582 g/mol. The molecule has 12 heteroatoms. The second-order valence-corrected chi connectivity index (χ2v) is 11.9. The van der Waals surface area contributed by atoms with Gasteiger partial charge < -0.3 is 4.57 Å². The molecular formula is C30H31F4N7O. The highest BCUT2D eigenvalue weighted by molar-refractivity contribution is 5.58. The summed E-state index contributed by atoms with van der Waals surface area (Å²) >= 11 is 0. The van der Waals surface area contributed by atoms with E-state index in [1.807, 2.05) is 16.5 Å². The Labute approximate surface area is 239 Å². The van der Waals surface area contributed by atoms with Gasteiger partial charge in [-0.1, -0.05) is 6.42 Å². The highest BCUT2D eigenvalue weighted by Gasteiger charge is 2.36. The summed E-state index contributed by atoms with van der Waals surface area (Å²) in [6.07, 6.45) is 3.12. The third kappa shape index (κ3) is 5.22. The molecule has 1 aromatic carbocycles. The maximum Gasteiger partial charge on any atom is 0.418 e. The smallest absolute Gasteiger partial charge is 0.320 e. The predicted molar refractivity (Wildman–Crippen MR) is 147 cm³/mol. The number of piperidine rings is 1. The van der Waals surface area contributed by atoms with E-state index in [4.69, 9.17) is 0 Å². The second-order valence-electron chi connectivity index (χ2n) is 11.9. The lowest BCUT2D eigenvalue weighted by Gasteiger charge is -2.34. The Bertz CT molecular complexity index is 1730. The molecule has 1 saturated carbocycles. The van der Waals surface area contributed by atoms with E-state index < -0.39 is 23.1 Å². The molecule has 4 aromatic rings. The van der Waals surface area contributed by atoms with Crippen LogP contribution in [0.5, 0.6) is 0 Å². The fraction of sp³-hybridized carbons (Fsp3) is 0.467. The molecule has 2 fully saturated rings. The molecule has 0 spiro atoms. The number of imidazole rings is 1. The minimum Gasteiger partial charge on any atom is -0.320 e. The largest absolute Gasteiger partial charge is 0.418 e. The van der Waals surface area contributed by atoms with Crippen LogP contribution in [0.1, 0.15) is 73.0 Å². The maximum atomic E-state index is 14.3. The number of aryl methyl sites for hydroxylation is 1. The van der Waals surface area contributed by atoms with E-state index in [1.165, 1.54) is 30.0 Å². The summed E-state index contributed by atoms with van der Waals surface area (Å²) in [6, 6.07) is 8.23. The number of alkyl halides is 4. The molecule has 3 aromatic heterocycles. The molecule has 8 nitrogen and oxygen atoms in total. The van der Waals surface area contributed by atoms with Gasteiger partial charge in [-0.05, 0) is 73.9 Å². The molecule has 42 heavy (non-hydrogen) atoms. The standard InChI is InChI=1S/C30H31F4N7O/c1-29(31)6-8-39(9-7-29)15-20-12-24(30(32,33)34)25-17-40(28(42)41(25)16-20)23-11-19(14-35)10-22(13-23)26(21-4-3-5-21)27-37-36-18-38(27)2/h10-13,16-18,21,26H,3-9,15H2,1-2H3/t26-/m1/s1. The molecule has 6 rings (SSSR count). The number of rotatable bonds is 6. The first-order valence-electron chi connectivity index (χ1n) is 14.1. The lowest BCUT2D eigenvalue weighted by Crippen LogP contribution is -2.39. The summed E-state index contributed by atoms with van der Waals surface area (Å²) in [7, 11) is 1.84. The van der Waals surface area contributed by atoms with E-state index in [-0.39, 0.29) is 29.5 Å². The summed E-state index contributed by atoms with van der Waals surface area (Å²) < 4.78 is 61.2. The van der Waals surface area contributed by atoms with E-state index >= 15 is 0 Å². The summed E-state index contributed by atoms with van der Waals surface area (Å²) in [5.41, 5.74) is -1.50. The third-order valence-electron chi connectivity index (χ3n) is 8.79. The number of hydrogen-bond donors (Lipinski definition) is 0. The fourth-order valence-electron chi connectivity index (χ4n) is 6.18. The highest BCUT2D eigenvalue weighted by Crippen LogP contribution is 2.43. The first-order valence-corrected chi connectivity index (χ1v) is 14.1. The monoisotopic (exact) mass is 581 g/mol. The molecule has 1 aliphatic carbocycles. The van der Waals surface area contributed by atoms with Crippen molar-refractivity contribution < 1.29 is 17.6 Å². The number of nitriles is 1. The van der Waals surface area contributed by atoms with E-state index in [2.05, 4.69) is 16.3 Å². The van der Waals surface area contributed by atoms with E-state index in [0.29, 0.717) is 37.2 Å². The Morgan fingerprint density at radius 2 is 1.88 bits per heavy atom. The van der Waals surface area contributed by atoms with Gasteiger partial charge in [0.05, 0.1) is 28.4 Å². The fourth-order valence-corrected chi connectivity index (χ4v) is 6.18. The Morgan fingerprint density at radius 3 is 2.48 bits per heavy atom. The molecular weight excluding hydrogens is 550 g/mol. The minimum atomic E-state index is -4.71. The zero-order valence-electron chi connectivity index (χ0n) is 23.4. The second kappa shape index (κ2) is 10.4. The Morgan fingerprint density at radius 1 is 1.14 bits per heavy atom. The summed E-state index contributed by atoms with van der Waals surface area (Å²) in [5, 5.41) is 18.2. The molecule has 4 heterocycles. The van der Waals surface area contributed by atoms with Gasteiger partial charge in [0.25, 0.3) is 0 Å². The van der Waals surface area contributed by atoms with Gasteiger partial charge in [0.1, 0.15) is 17.8 Å². The predicted octanol–water partition coefficient (Wildman–Crippen LogP) is 5.37. The first-order chi connectivity index (χ1) is 19.9. The first kappa shape index (κ1) is 28.2. The van der Waals surface area contributed by atoms with Crippen LogP contribution in [0, 0.1) is 17.2 Å². The van der Waals surface area contributed by atoms with Crippen LogP contribution in [0.15, 0.2) is 47.8 Å². The van der Waals surface area contributed by atoms with Crippen LogP contribution in [0.4, 0.5) is 17.6 Å². The highest BCUT2D eigenvalue weighted by atomic mass is 19.4. The molecule has 1 saturated heterocycles. The normalized spacial score (nSPS) is 18.6. The topological polar surface area (TPSA) is 84.2 Å². The Hall–Kier alpha value is -3.98. The van der Waals surface area contributed by atoms with Gasteiger partial charge in [-0.3, -0.25) is 13.9 Å². The molecule has 0 N–H and O–H groups in total. The van der Waals surface area contributed by atoms with Crippen molar-refractivity contribution >= 4 is 5.52 Å². The van der Waals surface area contributed by atoms with Crippen molar-refractivity contribution in [1.82, 2.24) is 28.6 Å². The number of pyridine rings is 1. The molecule has 0 unspecified atom stereocenters. The van der Waals surface area contributed by atoms with E-state index in [9.17, 15) is 27.6 Å². The van der Waals surface area contributed by atoms with E-state index in [0.717, 1.165) is 41.1 Å². The van der Waals surface area contributed by atoms with Gasteiger partial charge >= 0.3 is 11.9 Å². The third-order valence-corrected chi connectivity index (χ3v) is 8.79. The molecule has 0 amide bonds. The van der Waals surface area contributed by atoms with Crippen molar-refractivity contribution in [3.8, 4) is 11.8 Å². The van der Waals surface area contributed by atoms with Crippen molar-refractivity contribution in [3.05, 3.63) is 81.5 Å². The maximum absolute atomic E-state index is 14.3. The van der Waals surface area contributed by atoms with E-state index in [1.54, 1.807) is 18.5 Å². The van der Waals surface area contributed by atoms with Crippen LogP contribution in [0.25, 0.3) is 11.2 Å². The molecule has 2 aliphatic rings. The van der Waals surface area contributed by atoms with Crippen molar-refractivity contribution in [2.24, 2.45) is 13.0 Å². The van der Waals surface area contributed by atoms with Crippen LogP contribution in [-0.4, -0.2) is 47.4 Å². The van der Waals surface area contributed by atoms with Gasteiger partial charge in [-0.15, -0.1) is 10.2 Å². The number of halogens is 4. The number of aromatic nitrogens is 5. The molecule has 220 valence electrons. The molecule has 0 bridgehead atoms. The number of benzene rings is 1. The van der Waals surface area contributed by atoms with Crippen molar-refractivity contribution in [1.29, 1.82) is 5.26 Å². The number of fused-ring (bicyclic) bond motifs is 1. The number of hydrogen-bond acceptors (Lipinski definition) is 5. The Balaban J connectivity index is 1.45. The minimum absolute atomic E-state index is 0.168. The van der Waals surface area contributed by atoms with Crippen molar-refractivity contribution in [2.75, 3.05) is 13.1 Å². The van der Waals surface area contributed by atoms with Gasteiger partial charge in [-0.2, -0.15) is 18.4 Å². The Kier molecular flexibility index (Phi) is 6.96. The number of likely N-dealkylation sites (tertiary alicyclic amines) is 1. The van der Waals surface area contributed by atoms with Crippen LogP contribution in [0.3, 0.4) is 0 Å². The summed E-state index contributed by atoms with van der Waals surface area (Å²) in [4.78, 5) is 15.6. The lowest BCUT2D eigenvalue weighted by atomic mass is 9.72. The van der Waals surface area contributed by atoms with Gasteiger partial charge in [0.2, 0.25) is 0 Å². The SMILES string of the molecule is Cn1cnnc1[C@@H](c1cc(C#N)cc(-n2cc3c(C(F)(F)F)cc(CN4CCC(C)(F)CC4)cn3c2=O)c1)C1CCC1. The average Bonchev–Trinajstić information content (AvgIpc) is 3.48. The summed E-state index contributed by atoms with van der Waals surface area (Å²) in [5.74, 6) is 0.813. The van der Waals surface area contributed by atoms with Gasteiger partial charge in [-0.25, -0.2) is 9.18 Å². The van der Waals surface area contributed by atoms with Crippen molar-refractivity contribution in [2.45, 2.75) is 63.3 Å². The van der Waals surface area contributed by atoms with Crippen LogP contribution in [-0.2, 0) is 19.8 Å².